The number of pyridine rings is 1. The van der Waals surface area contributed by atoms with Crippen molar-refractivity contribution in [3.63, 3.8) is 0 Å². The molecule has 84 valence electrons. The average molecular weight is 215 g/mol. The van der Waals surface area contributed by atoms with Crippen LogP contribution in [0.3, 0.4) is 0 Å². The van der Waals surface area contributed by atoms with Gasteiger partial charge in [-0.25, -0.2) is 0 Å². The molecule has 1 heterocycles. The van der Waals surface area contributed by atoms with E-state index in [2.05, 4.69) is 29.4 Å². The second kappa shape index (κ2) is 5.09. The van der Waals surface area contributed by atoms with Crippen molar-refractivity contribution in [2.24, 2.45) is 0 Å². The molecule has 1 aromatic rings. The average Bonchev–Trinajstić information content (AvgIpc) is 2.72. The number of hydrogen-bond acceptors (Lipinski definition) is 3. The highest BCUT2D eigenvalue weighted by molar-refractivity contribution is 5.28. The van der Waals surface area contributed by atoms with Crippen LogP contribution in [-0.2, 0) is 6.42 Å². The van der Waals surface area contributed by atoms with E-state index in [1.807, 2.05) is 12.3 Å². The number of fused-ring (bicyclic) bond motifs is 1. The Morgan fingerprint density at radius 1 is 1.69 bits per heavy atom. The minimum absolute atomic E-state index is 0.294. The molecule has 3 nitrogen and oxygen atoms in total. The van der Waals surface area contributed by atoms with E-state index >= 15 is 0 Å². The number of rotatable bonds is 4. The Morgan fingerprint density at radius 3 is 3.31 bits per heavy atom. The molecule has 0 spiro atoms. The number of nitriles is 1. The predicted octanol–water partition coefficient (Wildman–Crippen LogP) is 2.35. The summed E-state index contributed by atoms with van der Waals surface area (Å²) in [7, 11) is 0. The van der Waals surface area contributed by atoms with Gasteiger partial charge in [-0.1, -0.05) is 13.0 Å². The molecule has 1 N–H and O–H groups in total. The van der Waals surface area contributed by atoms with Crippen molar-refractivity contribution >= 4 is 0 Å². The van der Waals surface area contributed by atoms with E-state index in [1.54, 1.807) is 0 Å². The molecule has 1 aliphatic carbocycles. The first-order valence-electron chi connectivity index (χ1n) is 5.92. The van der Waals surface area contributed by atoms with Gasteiger partial charge in [-0.2, -0.15) is 5.26 Å². The summed E-state index contributed by atoms with van der Waals surface area (Å²) in [5, 5.41) is 12.3. The Balaban J connectivity index is 2.05. The summed E-state index contributed by atoms with van der Waals surface area (Å²) in [6.07, 6.45) is 5.63. The van der Waals surface area contributed by atoms with Crippen LogP contribution < -0.4 is 5.32 Å². The zero-order valence-corrected chi connectivity index (χ0v) is 9.61. The lowest BCUT2D eigenvalue weighted by Gasteiger charge is -2.19. The van der Waals surface area contributed by atoms with Gasteiger partial charge in [-0.15, -0.1) is 0 Å². The van der Waals surface area contributed by atoms with Crippen LogP contribution in [0, 0.1) is 11.3 Å². The van der Waals surface area contributed by atoms with Crippen LogP contribution in [-0.4, -0.2) is 11.0 Å². The van der Waals surface area contributed by atoms with Gasteiger partial charge in [-0.3, -0.25) is 4.98 Å². The van der Waals surface area contributed by atoms with Crippen LogP contribution >= 0.6 is 0 Å². The molecule has 2 unspecified atom stereocenters. The molecule has 0 bridgehead atoms. The zero-order valence-electron chi connectivity index (χ0n) is 9.61. The summed E-state index contributed by atoms with van der Waals surface area (Å²) in [5.41, 5.74) is 2.53. The fourth-order valence-corrected chi connectivity index (χ4v) is 2.29. The monoisotopic (exact) mass is 215 g/mol. The van der Waals surface area contributed by atoms with Gasteiger partial charge in [0.15, 0.2) is 0 Å². The molecule has 0 fully saturated rings. The van der Waals surface area contributed by atoms with E-state index in [9.17, 15) is 0 Å². The molecule has 3 heteroatoms. The van der Waals surface area contributed by atoms with Crippen molar-refractivity contribution in [3.8, 4) is 6.07 Å². The zero-order chi connectivity index (χ0) is 11.4. The summed E-state index contributed by atoms with van der Waals surface area (Å²) in [6.45, 7) is 2.11. The summed E-state index contributed by atoms with van der Waals surface area (Å²) in [6, 6.07) is 7.01. The number of aromatic nitrogens is 1. The molecule has 1 aliphatic rings. The Hall–Kier alpha value is -1.40. The molecule has 0 aromatic carbocycles. The molecule has 16 heavy (non-hydrogen) atoms. The van der Waals surface area contributed by atoms with Crippen molar-refractivity contribution in [3.05, 3.63) is 29.6 Å². The van der Waals surface area contributed by atoms with Gasteiger partial charge in [-0.05, 0) is 30.9 Å². The van der Waals surface area contributed by atoms with Crippen molar-refractivity contribution in [2.45, 2.75) is 44.7 Å². The summed E-state index contributed by atoms with van der Waals surface area (Å²) in [5.74, 6) is 0. The lowest BCUT2D eigenvalue weighted by atomic mass is 10.1. The second-order valence-electron chi connectivity index (χ2n) is 4.27. The summed E-state index contributed by atoms with van der Waals surface area (Å²) in [4.78, 5) is 4.44. The standard InChI is InChI=1S/C13H17N3/c1-2-11(7-8-14)16-12-6-5-10-4-3-9-15-13(10)12/h3-4,9,11-12,16H,2,5-7H2,1H3. The molecule has 2 atom stereocenters. The molecule has 1 aromatic heterocycles. The predicted molar refractivity (Wildman–Crippen MR) is 62.7 cm³/mol. The van der Waals surface area contributed by atoms with Crippen LogP contribution in [0.2, 0.25) is 0 Å². The SMILES string of the molecule is CCC(CC#N)NC1CCc2cccnc21. The molecule has 0 aliphatic heterocycles. The van der Waals surface area contributed by atoms with Crippen LogP contribution in [0.5, 0.6) is 0 Å². The third-order valence-corrected chi connectivity index (χ3v) is 3.23. The molecular formula is C13H17N3. The first kappa shape index (κ1) is 11.1. The van der Waals surface area contributed by atoms with Crippen molar-refractivity contribution in [1.29, 1.82) is 5.26 Å². The van der Waals surface area contributed by atoms with Gasteiger partial charge in [0, 0.05) is 12.2 Å². The van der Waals surface area contributed by atoms with Crippen LogP contribution in [0.1, 0.15) is 43.5 Å². The van der Waals surface area contributed by atoms with Gasteiger partial charge in [0.25, 0.3) is 0 Å². The Labute approximate surface area is 96.5 Å². The van der Waals surface area contributed by atoms with Gasteiger partial charge < -0.3 is 5.32 Å². The number of nitrogens with one attached hydrogen (secondary N) is 1. The van der Waals surface area contributed by atoms with E-state index in [1.165, 1.54) is 11.3 Å². The van der Waals surface area contributed by atoms with E-state index < -0.39 is 0 Å². The molecule has 0 amide bonds. The minimum atomic E-state index is 0.294. The third-order valence-electron chi connectivity index (χ3n) is 3.23. The topological polar surface area (TPSA) is 48.7 Å². The highest BCUT2D eigenvalue weighted by atomic mass is 15.0. The first-order valence-corrected chi connectivity index (χ1v) is 5.92. The lowest BCUT2D eigenvalue weighted by molar-refractivity contribution is 0.421. The van der Waals surface area contributed by atoms with Crippen LogP contribution in [0.15, 0.2) is 18.3 Å². The largest absolute Gasteiger partial charge is 0.305 e. The fourth-order valence-electron chi connectivity index (χ4n) is 2.29. The van der Waals surface area contributed by atoms with E-state index in [0.717, 1.165) is 19.3 Å². The Bertz CT molecular complexity index is 394. The molecule has 0 radical (unpaired) electrons. The third kappa shape index (κ3) is 2.23. The highest BCUT2D eigenvalue weighted by Crippen LogP contribution is 2.29. The van der Waals surface area contributed by atoms with E-state index in [0.29, 0.717) is 18.5 Å². The summed E-state index contributed by atoms with van der Waals surface area (Å²) < 4.78 is 0. The van der Waals surface area contributed by atoms with Crippen molar-refractivity contribution in [2.75, 3.05) is 0 Å². The van der Waals surface area contributed by atoms with E-state index in [-0.39, 0.29) is 0 Å². The minimum Gasteiger partial charge on any atom is -0.305 e. The molecule has 0 saturated carbocycles. The normalized spacial score (nSPS) is 20.1. The fraction of sp³-hybridized carbons (Fsp3) is 0.538. The van der Waals surface area contributed by atoms with Gasteiger partial charge in [0.1, 0.15) is 0 Å². The van der Waals surface area contributed by atoms with Crippen LogP contribution in [0.4, 0.5) is 0 Å². The second-order valence-corrected chi connectivity index (χ2v) is 4.27. The highest BCUT2D eigenvalue weighted by Gasteiger charge is 2.24. The number of nitrogens with zero attached hydrogens (tertiary/aromatic N) is 2. The number of aryl methyl sites for hydroxylation is 1. The maximum absolute atomic E-state index is 8.73. The molecule has 2 rings (SSSR count). The maximum Gasteiger partial charge on any atom is 0.0638 e. The van der Waals surface area contributed by atoms with Crippen LogP contribution in [0.25, 0.3) is 0 Å². The first-order chi connectivity index (χ1) is 7.85. The van der Waals surface area contributed by atoms with Gasteiger partial charge in [0.2, 0.25) is 0 Å². The van der Waals surface area contributed by atoms with Gasteiger partial charge in [0.05, 0.1) is 24.2 Å². The molecule has 0 saturated heterocycles. The molecular weight excluding hydrogens is 198 g/mol. The quantitative estimate of drug-likeness (QED) is 0.838. The van der Waals surface area contributed by atoms with Crippen molar-refractivity contribution in [1.82, 2.24) is 10.3 Å². The van der Waals surface area contributed by atoms with Gasteiger partial charge >= 0.3 is 0 Å². The Morgan fingerprint density at radius 2 is 2.56 bits per heavy atom. The maximum atomic E-state index is 8.73. The summed E-state index contributed by atoms with van der Waals surface area (Å²) >= 11 is 0. The number of hydrogen-bond donors (Lipinski definition) is 1. The van der Waals surface area contributed by atoms with Crippen molar-refractivity contribution < 1.29 is 0 Å². The van der Waals surface area contributed by atoms with E-state index in [4.69, 9.17) is 5.26 Å². The lowest BCUT2D eigenvalue weighted by Crippen LogP contribution is -2.31. The smallest absolute Gasteiger partial charge is 0.0638 e. The Kier molecular flexibility index (Phi) is 3.53.